The van der Waals surface area contributed by atoms with Crippen molar-refractivity contribution in [3.63, 3.8) is 0 Å². The van der Waals surface area contributed by atoms with Crippen molar-refractivity contribution in [1.29, 1.82) is 0 Å². The van der Waals surface area contributed by atoms with Crippen molar-refractivity contribution >= 4 is 49.1 Å². The summed E-state index contributed by atoms with van der Waals surface area (Å²) >= 11 is 0. The Morgan fingerprint density at radius 3 is 2.07 bits per heavy atom. The first-order valence-corrected chi connectivity index (χ1v) is 9.19. The number of methoxy groups -OCH3 is 1. The van der Waals surface area contributed by atoms with Crippen LogP contribution < -0.4 is 9.47 Å². The summed E-state index contributed by atoms with van der Waals surface area (Å²) in [5.74, 6) is 1.09. The number of hydrogen-bond donors (Lipinski definition) is 0. The van der Waals surface area contributed by atoms with Crippen LogP contribution in [0.15, 0.2) is 72.8 Å². The van der Waals surface area contributed by atoms with Gasteiger partial charge in [0.25, 0.3) is 0 Å². The van der Waals surface area contributed by atoms with Gasteiger partial charge < -0.3 is 9.47 Å². The fourth-order valence-corrected chi connectivity index (χ4v) is 4.03. The Labute approximate surface area is 162 Å². The van der Waals surface area contributed by atoms with Crippen LogP contribution in [0.1, 0.15) is 6.92 Å². The minimum Gasteiger partial charge on any atom is -0.497 e. The van der Waals surface area contributed by atoms with Crippen LogP contribution in [-0.4, -0.2) is 13.1 Å². The molecule has 0 saturated heterocycles. The monoisotopic (exact) mass is 366 g/mol. The number of rotatable bonds is 2. The smallest absolute Gasteiger partial charge is 0.308 e. The highest BCUT2D eigenvalue weighted by Gasteiger charge is 2.16. The molecule has 0 heterocycles. The molecule has 0 spiro atoms. The molecule has 0 N–H and O–H groups in total. The molecule has 0 aliphatic heterocycles. The lowest BCUT2D eigenvalue weighted by Crippen LogP contribution is -2.03. The van der Waals surface area contributed by atoms with Gasteiger partial charge in [0, 0.05) is 17.7 Å². The number of ether oxygens (including phenoxy) is 2. The predicted octanol–water partition coefficient (Wildman–Crippen LogP) is 6.23. The average Bonchev–Trinajstić information content (AvgIpc) is 2.72. The molecule has 0 aromatic heterocycles. The second-order valence-electron chi connectivity index (χ2n) is 6.93. The quantitative estimate of drug-likeness (QED) is 0.161. The zero-order valence-electron chi connectivity index (χ0n) is 15.7. The lowest BCUT2D eigenvalue weighted by atomic mass is 9.94. The minimum absolute atomic E-state index is 0.327. The van der Waals surface area contributed by atoms with E-state index in [1.807, 2.05) is 30.3 Å². The summed E-state index contributed by atoms with van der Waals surface area (Å²) < 4.78 is 11.2. The van der Waals surface area contributed by atoms with Crippen molar-refractivity contribution < 1.29 is 14.3 Å². The Morgan fingerprint density at radius 1 is 0.714 bits per heavy atom. The van der Waals surface area contributed by atoms with E-state index in [1.165, 1.54) is 6.92 Å². The molecular formula is C25H18O3. The number of hydrogen-bond acceptors (Lipinski definition) is 3. The number of carbonyl (C=O) groups is 1. The lowest BCUT2D eigenvalue weighted by Gasteiger charge is -2.15. The third-order valence-electron chi connectivity index (χ3n) is 5.23. The Hall–Kier alpha value is -3.59. The van der Waals surface area contributed by atoms with E-state index in [4.69, 9.17) is 9.47 Å². The Balaban J connectivity index is 2.03. The van der Waals surface area contributed by atoms with Crippen molar-refractivity contribution in [2.24, 2.45) is 0 Å². The predicted molar refractivity (Wildman–Crippen MR) is 114 cm³/mol. The van der Waals surface area contributed by atoms with E-state index in [9.17, 15) is 4.79 Å². The second-order valence-corrected chi connectivity index (χ2v) is 6.93. The maximum absolute atomic E-state index is 12.0. The summed E-state index contributed by atoms with van der Waals surface area (Å²) in [4.78, 5) is 12.0. The molecule has 3 heteroatoms. The summed E-state index contributed by atoms with van der Waals surface area (Å²) in [5, 5.41) is 8.26. The first kappa shape index (κ1) is 16.6. The van der Waals surface area contributed by atoms with Crippen LogP contribution in [0.2, 0.25) is 0 Å². The van der Waals surface area contributed by atoms with E-state index in [0.29, 0.717) is 5.75 Å². The van der Waals surface area contributed by atoms with Gasteiger partial charge in [0.15, 0.2) is 0 Å². The molecule has 5 aromatic carbocycles. The molecule has 0 bridgehead atoms. The third kappa shape index (κ3) is 2.48. The molecule has 0 aliphatic carbocycles. The molecule has 5 rings (SSSR count). The molecule has 0 atom stereocenters. The minimum atomic E-state index is -0.327. The van der Waals surface area contributed by atoms with Crippen LogP contribution in [0.25, 0.3) is 43.1 Å². The van der Waals surface area contributed by atoms with Crippen LogP contribution in [0.5, 0.6) is 11.5 Å². The zero-order chi connectivity index (χ0) is 19.3. The van der Waals surface area contributed by atoms with E-state index in [0.717, 1.165) is 48.8 Å². The SMILES string of the molecule is COc1ccc2c(ccc3cc4ccc5ccccc5c4c(OC(C)=O)c32)c1. The fraction of sp³-hybridized carbons (Fsp3) is 0.0800. The molecule has 0 saturated carbocycles. The van der Waals surface area contributed by atoms with Gasteiger partial charge in [0.1, 0.15) is 11.5 Å². The Bertz CT molecular complexity index is 1400. The molecule has 136 valence electrons. The van der Waals surface area contributed by atoms with E-state index >= 15 is 0 Å². The van der Waals surface area contributed by atoms with Crippen molar-refractivity contribution in [2.75, 3.05) is 7.11 Å². The van der Waals surface area contributed by atoms with Gasteiger partial charge in [-0.05, 0) is 56.6 Å². The molecule has 0 aliphatic rings. The summed E-state index contributed by atoms with van der Waals surface area (Å²) in [6.45, 7) is 1.45. The lowest BCUT2D eigenvalue weighted by molar-refractivity contribution is -0.131. The summed E-state index contributed by atoms with van der Waals surface area (Å²) in [6, 6.07) is 24.6. The van der Waals surface area contributed by atoms with Crippen LogP contribution in [0, 0.1) is 0 Å². The molecule has 5 aromatic rings. The summed E-state index contributed by atoms with van der Waals surface area (Å²) in [5.41, 5.74) is 0. The van der Waals surface area contributed by atoms with Crippen LogP contribution in [0.4, 0.5) is 0 Å². The van der Waals surface area contributed by atoms with Gasteiger partial charge in [0.05, 0.1) is 7.11 Å². The Kier molecular flexibility index (Phi) is 3.69. The van der Waals surface area contributed by atoms with Crippen LogP contribution in [0.3, 0.4) is 0 Å². The van der Waals surface area contributed by atoms with E-state index in [1.54, 1.807) is 7.11 Å². The Morgan fingerprint density at radius 2 is 1.36 bits per heavy atom. The van der Waals surface area contributed by atoms with Crippen LogP contribution >= 0.6 is 0 Å². The van der Waals surface area contributed by atoms with Gasteiger partial charge in [-0.2, -0.15) is 0 Å². The van der Waals surface area contributed by atoms with E-state index in [-0.39, 0.29) is 5.97 Å². The van der Waals surface area contributed by atoms with Gasteiger partial charge in [-0.1, -0.05) is 48.5 Å². The van der Waals surface area contributed by atoms with Crippen molar-refractivity contribution in [2.45, 2.75) is 6.92 Å². The zero-order valence-corrected chi connectivity index (χ0v) is 15.7. The second kappa shape index (κ2) is 6.24. The molecule has 0 amide bonds. The van der Waals surface area contributed by atoms with Gasteiger partial charge in [-0.15, -0.1) is 0 Å². The molecular weight excluding hydrogens is 348 g/mol. The van der Waals surface area contributed by atoms with Gasteiger partial charge in [-0.25, -0.2) is 0 Å². The highest BCUT2D eigenvalue weighted by Crippen LogP contribution is 2.42. The highest BCUT2D eigenvalue weighted by molar-refractivity contribution is 6.23. The fourth-order valence-electron chi connectivity index (χ4n) is 4.03. The third-order valence-corrected chi connectivity index (χ3v) is 5.23. The normalized spacial score (nSPS) is 11.4. The van der Waals surface area contributed by atoms with Crippen molar-refractivity contribution in [1.82, 2.24) is 0 Å². The van der Waals surface area contributed by atoms with Crippen LogP contribution in [-0.2, 0) is 4.79 Å². The molecule has 0 unspecified atom stereocenters. The molecule has 3 nitrogen and oxygen atoms in total. The first-order valence-electron chi connectivity index (χ1n) is 9.19. The van der Waals surface area contributed by atoms with Gasteiger partial charge in [0.2, 0.25) is 0 Å². The highest BCUT2D eigenvalue weighted by atomic mass is 16.5. The summed E-state index contributed by atoms with van der Waals surface area (Å²) in [7, 11) is 1.66. The number of esters is 1. The van der Waals surface area contributed by atoms with Gasteiger partial charge in [-0.3, -0.25) is 4.79 Å². The first-order chi connectivity index (χ1) is 13.7. The molecule has 0 radical (unpaired) electrons. The topological polar surface area (TPSA) is 35.5 Å². The summed E-state index contributed by atoms with van der Waals surface area (Å²) in [6.07, 6.45) is 0. The molecule has 28 heavy (non-hydrogen) atoms. The van der Waals surface area contributed by atoms with E-state index in [2.05, 4.69) is 42.5 Å². The van der Waals surface area contributed by atoms with Crippen molar-refractivity contribution in [3.8, 4) is 11.5 Å². The maximum Gasteiger partial charge on any atom is 0.308 e. The van der Waals surface area contributed by atoms with Gasteiger partial charge >= 0.3 is 5.97 Å². The maximum atomic E-state index is 12.0. The number of fused-ring (bicyclic) bond motifs is 6. The largest absolute Gasteiger partial charge is 0.497 e. The average molecular weight is 366 g/mol. The van der Waals surface area contributed by atoms with E-state index < -0.39 is 0 Å². The van der Waals surface area contributed by atoms with Crippen molar-refractivity contribution in [3.05, 3.63) is 72.8 Å². The number of benzene rings is 5. The standard InChI is InChI=1S/C25H18O3/c1-15(26)28-25-23-18(9-7-16-5-3-4-6-21(16)23)13-19-10-8-17-14-20(27-2)11-12-22(17)24(19)25/h3-14H,1-2H3. The number of carbonyl (C=O) groups excluding carboxylic acids is 1. The molecule has 0 fully saturated rings.